The maximum absolute atomic E-state index is 5.72. The molecule has 46 heavy (non-hydrogen) atoms. The third kappa shape index (κ3) is 6.68. The first kappa shape index (κ1) is 36.5. The summed E-state index contributed by atoms with van der Waals surface area (Å²) in [6.45, 7) is 18.6. The first-order chi connectivity index (χ1) is 20.6. The summed E-state index contributed by atoms with van der Waals surface area (Å²) < 4.78 is 11.1. The number of hydrogen-bond acceptors (Lipinski definition) is 0. The molecule has 0 saturated carbocycles. The molecule has 0 amide bonds. The Morgan fingerprint density at radius 2 is 1.24 bits per heavy atom. The van der Waals surface area contributed by atoms with Crippen LogP contribution in [0.25, 0.3) is 11.1 Å². The molecule has 0 aromatic heterocycles. The molecule has 0 nitrogen and oxygen atoms in total. The van der Waals surface area contributed by atoms with Crippen molar-refractivity contribution in [3.63, 3.8) is 0 Å². The van der Waals surface area contributed by atoms with Crippen LogP contribution in [0.4, 0.5) is 0 Å². The molecule has 3 heteroatoms. The van der Waals surface area contributed by atoms with Gasteiger partial charge in [0.1, 0.15) is 0 Å². The Kier molecular flexibility index (Phi) is 10.3. The molecule has 2 aliphatic rings. The van der Waals surface area contributed by atoms with E-state index in [0.717, 1.165) is 21.1 Å². The monoisotopic (exact) mass is 728 g/mol. The van der Waals surface area contributed by atoms with Crippen LogP contribution in [0.15, 0.2) is 100 Å². The summed E-state index contributed by atoms with van der Waals surface area (Å²) in [5.41, 5.74) is 14.4. The average Bonchev–Trinajstić information content (AvgIpc) is 3.60. The minimum atomic E-state index is -4.42. The van der Waals surface area contributed by atoms with E-state index in [1.165, 1.54) is 50.1 Å². The molecule has 0 atom stereocenters. The second-order valence-electron chi connectivity index (χ2n) is 16.2. The number of halogens is 2. The van der Waals surface area contributed by atoms with E-state index < -0.39 is 18.3 Å². The van der Waals surface area contributed by atoms with Gasteiger partial charge in [0.25, 0.3) is 0 Å². The second-order valence-corrected chi connectivity index (χ2v) is 30.3. The van der Waals surface area contributed by atoms with Gasteiger partial charge in [-0.1, -0.05) is 0 Å². The molecule has 0 aliphatic heterocycles. The van der Waals surface area contributed by atoms with Crippen LogP contribution in [0, 0.1) is 13.8 Å². The molecule has 0 N–H and O–H groups in total. The number of allylic oxidation sites excluding steroid dienone is 4. The van der Waals surface area contributed by atoms with Gasteiger partial charge in [0.2, 0.25) is 0 Å². The predicted octanol–water partition coefficient (Wildman–Crippen LogP) is 11.3. The zero-order valence-electron chi connectivity index (χ0n) is 29.1. The standard InChI is InChI=1S/C21H25.2C8H9.C5H5.CH2.2ClH.Zr/c1-20(2,3)16-9-7-14-11-15-8-10-17(21(4,5)6)13-19(15)18(14)12-16;2*1-7-4-3-5-8(2)6-7;1-2-4-5-3-1;;;;/h7,9-10,12-13H,11H2,1-6H3;2*3-6H,1H2,2H3;1-3H,4H2;1H2;2*1H;. The van der Waals surface area contributed by atoms with Gasteiger partial charge in [0.05, 0.1) is 0 Å². The van der Waals surface area contributed by atoms with Gasteiger partial charge in [-0.15, -0.1) is 24.8 Å². The van der Waals surface area contributed by atoms with E-state index in [0.29, 0.717) is 0 Å². The van der Waals surface area contributed by atoms with E-state index in [4.69, 9.17) is 4.21 Å². The van der Waals surface area contributed by atoms with Crippen LogP contribution in [-0.4, -0.2) is 4.21 Å². The predicted molar refractivity (Wildman–Crippen MR) is 205 cm³/mol. The Bertz CT molecular complexity index is 1850. The van der Waals surface area contributed by atoms with Crippen LogP contribution >= 0.6 is 24.8 Å². The van der Waals surface area contributed by atoms with E-state index in [-0.39, 0.29) is 35.6 Å². The first-order valence-electron chi connectivity index (χ1n) is 16.5. The van der Waals surface area contributed by atoms with Crippen molar-refractivity contribution >= 4 is 32.3 Å². The molecule has 6 rings (SSSR count). The summed E-state index contributed by atoms with van der Waals surface area (Å²) in [6, 6.07) is 31.0. The van der Waals surface area contributed by atoms with Gasteiger partial charge >= 0.3 is 269 Å². The molecule has 0 saturated heterocycles. The van der Waals surface area contributed by atoms with E-state index in [2.05, 4.69) is 152 Å². The topological polar surface area (TPSA) is 0 Å². The van der Waals surface area contributed by atoms with Crippen LogP contribution in [0.3, 0.4) is 0 Å². The number of hydrogen-bond donors (Lipinski definition) is 0. The first-order valence-corrected chi connectivity index (χ1v) is 24.1. The van der Waals surface area contributed by atoms with Crippen molar-refractivity contribution in [2.75, 3.05) is 0 Å². The second kappa shape index (κ2) is 13.0. The van der Waals surface area contributed by atoms with Crippen LogP contribution in [0.1, 0.15) is 92.5 Å². The fourth-order valence-corrected chi connectivity index (χ4v) is 23.8. The Morgan fingerprint density at radius 1 is 0.674 bits per heavy atom. The van der Waals surface area contributed by atoms with Gasteiger partial charge in [-0.2, -0.15) is 0 Å². The molecular formula is C43H52Cl2Zr. The van der Waals surface area contributed by atoms with Crippen molar-refractivity contribution < 1.29 is 18.3 Å². The summed E-state index contributed by atoms with van der Waals surface area (Å²) in [5, 5.41) is 0. The molecule has 4 aromatic rings. The number of rotatable bonds is 6. The van der Waals surface area contributed by atoms with Gasteiger partial charge in [-0.3, -0.25) is 0 Å². The minimum absolute atomic E-state index is 0. The van der Waals surface area contributed by atoms with Crippen molar-refractivity contribution in [2.24, 2.45) is 0 Å². The Balaban J connectivity index is 0.00000240. The Hall–Kier alpha value is -2.31. The molecule has 0 unspecified atom stereocenters. The molecule has 0 bridgehead atoms. The Morgan fingerprint density at radius 3 is 1.74 bits per heavy atom. The molecular weight excluding hydrogens is 679 g/mol. The van der Waals surface area contributed by atoms with Crippen LogP contribution in [-0.2, 0) is 43.8 Å². The third-order valence-electron chi connectivity index (χ3n) is 10.5. The van der Waals surface area contributed by atoms with Crippen LogP contribution in [0.5, 0.6) is 0 Å². The van der Waals surface area contributed by atoms with Gasteiger partial charge in [0.15, 0.2) is 0 Å². The number of benzene rings is 4. The zero-order valence-corrected chi connectivity index (χ0v) is 33.2. The molecule has 242 valence electrons. The fourth-order valence-electron chi connectivity index (χ4n) is 7.97. The van der Waals surface area contributed by atoms with E-state index in [9.17, 15) is 0 Å². The molecule has 0 spiro atoms. The van der Waals surface area contributed by atoms with Crippen molar-refractivity contribution in [1.29, 1.82) is 0 Å². The van der Waals surface area contributed by atoms with E-state index >= 15 is 0 Å². The molecule has 0 heterocycles. The van der Waals surface area contributed by atoms with Crippen molar-refractivity contribution in [2.45, 2.75) is 87.3 Å². The van der Waals surface area contributed by atoms with Crippen molar-refractivity contribution in [3.05, 3.63) is 145 Å². The van der Waals surface area contributed by atoms with Gasteiger partial charge in [-0.25, -0.2) is 0 Å². The summed E-state index contributed by atoms with van der Waals surface area (Å²) in [7, 11) is 0. The Labute approximate surface area is 291 Å². The summed E-state index contributed by atoms with van der Waals surface area (Å²) in [5.74, 6) is 0. The normalized spacial score (nSPS) is 14.2. The average molecular weight is 731 g/mol. The van der Waals surface area contributed by atoms with Crippen LogP contribution in [0.2, 0.25) is 0 Å². The fraction of sp³-hybridized carbons (Fsp3) is 0.326. The summed E-state index contributed by atoms with van der Waals surface area (Å²) >= 11 is -4.42. The van der Waals surface area contributed by atoms with Gasteiger partial charge in [-0.05, 0) is 0 Å². The molecule has 4 aromatic carbocycles. The van der Waals surface area contributed by atoms with Gasteiger partial charge in [0, 0.05) is 0 Å². The zero-order chi connectivity index (χ0) is 31.5. The molecule has 0 radical (unpaired) electrons. The van der Waals surface area contributed by atoms with Crippen molar-refractivity contribution in [3.8, 4) is 11.1 Å². The number of aryl methyl sites for hydroxylation is 2. The van der Waals surface area contributed by atoms with E-state index in [1.54, 1.807) is 12.1 Å². The molecule has 2 aliphatic carbocycles. The van der Waals surface area contributed by atoms with E-state index in [1.807, 2.05) is 0 Å². The maximum atomic E-state index is 5.72. The SMILES string of the molecule is Cl.Cl.[CH2]=[Zr]([CH2]c1cccc(C)c1)([CH2]c1cccc(C)c1)([C]1=CC=CC1)[c]1cc(C(C)(C)C)cc2c1Cc1ccc(C(C)(C)C)cc1-2. The van der Waals surface area contributed by atoms with Crippen LogP contribution < -0.4 is 3.27 Å². The van der Waals surface area contributed by atoms with Gasteiger partial charge < -0.3 is 0 Å². The molecule has 0 fully saturated rings. The summed E-state index contributed by atoms with van der Waals surface area (Å²) in [4.78, 5) is 0. The number of fused-ring (bicyclic) bond motifs is 3. The summed E-state index contributed by atoms with van der Waals surface area (Å²) in [6.07, 6.45) is 9.16. The van der Waals surface area contributed by atoms with Crippen molar-refractivity contribution in [1.82, 2.24) is 0 Å². The third-order valence-corrected chi connectivity index (χ3v) is 26.3. The quantitative estimate of drug-likeness (QED) is 0.163.